The van der Waals surface area contributed by atoms with Crippen molar-refractivity contribution in [1.29, 1.82) is 0 Å². The fourth-order valence-electron chi connectivity index (χ4n) is 1.71. The number of carbonyl (C=O) groups excluding carboxylic acids is 1. The van der Waals surface area contributed by atoms with E-state index in [9.17, 15) is 13.6 Å². The Kier molecular flexibility index (Phi) is 4.04. The van der Waals surface area contributed by atoms with Crippen molar-refractivity contribution >= 4 is 33.2 Å². The Bertz CT molecular complexity index is 689. The number of halogens is 3. The van der Waals surface area contributed by atoms with Gasteiger partial charge in [0.05, 0.1) is 15.7 Å². The summed E-state index contributed by atoms with van der Waals surface area (Å²) in [6, 6.07) is 6.72. The molecule has 0 fully saturated rings. The van der Waals surface area contributed by atoms with Gasteiger partial charge in [0.2, 0.25) is 0 Å². The maximum atomic E-state index is 13.3. The summed E-state index contributed by atoms with van der Waals surface area (Å²) in [5.74, 6) is -1.64. The molecule has 104 valence electrons. The number of nitrogens with two attached hydrogens (primary N) is 1. The summed E-state index contributed by atoms with van der Waals surface area (Å²) < 4.78 is 26.8. The van der Waals surface area contributed by atoms with E-state index in [0.717, 1.165) is 0 Å². The number of nitrogens with one attached hydrogen (secondary N) is 1. The second-order valence-electron chi connectivity index (χ2n) is 4.24. The first-order valence-electron chi connectivity index (χ1n) is 5.71. The second kappa shape index (κ2) is 5.58. The lowest BCUT2D eigenvalue weighted by Crippen LogP contribution is -2.15. The Morgan fingerprint density at radius 3 is 2.65 bits per heavy atom. The molecular formula is C14H11BrF2N2O. The van der Waals surface area contributed by atoms with Gasteiger partial charge in [-0.1, -0.05) is 6.07 Å². The maximum absolute atomic E-state index is 13.3. The molecule has 0 heterocycles. The first kappa shape index (κ1) is 14.5. The molecule has 6 heteroatoms. The molecule has 0 radical (unpaired) electrons. The summed E-state index contributed by atoms with van der Waals surface area (Å²) in [7, 11) is 0. The van der Waals surface area contributed by atoms with Gasteiger partial charge in [0.15, 0.2) is 0 Å². The number of nitrogen functional groups attached to an aromatic ring is 1. The van der Waals surface area contributed by atoms with Gasteiger partial charge in [0.1, 0.15) is 11.6 Å². The largest absolute Gasteiger partial charge is 0.396 e. The molecule has 20 heavy (non-hydrogen) atoms. The van der Waals surface area contributed by atoms with Gasteiger partial charge in [-0.3, -0.25) is 4.79 Å². The molecule has 3 N–H and O–H groups in total. The van der Waals surface area contributed by atoms with Crippen LogP contribution in [0.25, 0.3) is 0 Å². The fourth-order valence-corrected chi connectivity index (χ4v) is 2.05. The van der Waals surface area contributed by atoms with Crippen LogP contribution in [0.5, 0.6) is 0 Å². The van der Waals surface area contributed by atoms with Gasteiger partial charge in [0, 0.05) is 5.69 Å². The van der Waals surface area contributed by atoms with Gasteiger partial charge in [-0.05, 0) is 52.7 Å². The number of hydrogen-bond acceptors (Lipinski definition) is 2. The summed E-state index contributed by atoms with van der Waals surface area (Å²) in [4.78, 5) is 12.1. The normalized spacial score (nSPS) is 10.4. The van der Waals surface area contributed by atoms with Crippen LogP contribution in [0.2, 0.25) is 0 Å². The van der Waals surface area contributed by atoms with Crippen LogP contribution >= 0.6 is 15.9 Å². The van der Waals surface area contributed by atoms with Gasteiger partial charge in [-0.2, -0.15) is 0 Å². The van der Waals surface area contributed by atoms with Crippen LogP contribution in [0.1, 0.15) is 15.9 Å². The Morgan fingerprint density at radius 2 is 1.95 bits per heavy atom. The molecule has 2 aromatic rings. The zero-order chi connectivity index (χ0) is 14.9. The zero-order valence-electron chi connectivity index (χ0n) is 10.5. The summed E-state index contributed by atoms with van der Waals surface area (Å²) in [6.45, 7) is 1.65. The molecule has 3 nitrogen and oxygen atoms in total. The summed E-state index contributed by atoms with van der Waals surface area (Å²) in [5, 5.41) is 2.58. The fraction of sp³-hybridized carbons (Fsp3) is 0.0714. The molecule has 2 aromatic carbocycles. The van der Waals surface area contributed by atoms with E-state index in [2.05, 4.69) is 21.2 Å². The maximum Gasteiger partial charge on any atom is 0.257 e. The molecule has 0 aliphatic heterocycles. The van der Waals surface area contributed by atoms with Crippen LogP contribution in [0.3, 0.4) is 0 Å². The number of aryl methyl sites for hydroxylation is 1. The SMILES string of the molecule is Cc1cc(F)c(Br)cc1NC(=O)c1cccc(F)c1N. The number of carbonyl (C=O) groups is 1. The molecule has 0 bridgehead atoms. The van der Waals surface area contributed by atoms with E-state index >= 15 is 0 Å². The van der Waals surface area contributed by atoms with Crippen LogP contribution in [0.4, 0.5) is 20.2 Å². The Hall–Kier alpha value is -1.95. The molecule has 0 spiro atoms. The summed E-state index contributed by atoms with van der Waals surface area (Å²) in [5.41, 5.74) is 6.31. The standard InChI is InChI=1S/C14H11BrF2N2O/c1-7-5-11(17)9(15)6-12(7)19-14(20)8-3-2-4-10(16)13(8)18/h2-6H,18H2,1H3,(H,19,20). The van der Waals surface area contributed by atoms with Crippen molar-refractivity contribution in [3.63, 3.8) is 0 Å². The summed E-state index contributed by atoms with van der Waals surface area (Å²) >= 11 is 3.04. The van der Waals surface area contributed by atoms with Crippen LogP contribution in [0.15, 0.2) is 34.8 Å². The zero-order valence-corrected chi connectivity index (χ0v) is 12.1. The lowest BCUT2D eigenvalue weighted by molar-refractivity contribution is 0.102. The highest BCUT2D eigenvalue weighted by Crippen LogP contribution is 2.25. The quantitative estimate of drug-likeness (QED) is 0.815. The highest BCUT2D eigenvalue weighted by Gasteiger charge is 2.14. The van der Waals surface area contributed by atoms with E-state index in [1.54, 1.807) is 6.92 Å². The van der Waals surface area contributed by atoms with Crippen molar-refractivity contribution in [2.45, 2.75) is 6.92 Å². The Morgan fingerprint density at radius 1 is 1.25 bits per heavy atom. The van der Waals surface area contributed by atoms with Crippen molar-refractivity contribution in [1.82, 2.24) is 0 Å². The average Bonchev–Trinajstić information content (AvgIpc) is 2.39. The molecule has 0 aliphatic rings. The van der Waals surface area contributed by atoms with E-state index in [0.29, 0.717) is 11.3 Å². The van der Waals surface area contributed by atoms with E-state index in [1.165, 1.54) is 30.3 Å². The van der Waals surface area contributed by atoms with Crippen LogP contribution in [-0.4, -0.2) is 5.91 Å². The van der Waals surface area contributed by atoms with Crippen molar-refractivity contribution < 1.29 is 13.6 Å². The first-order valence-corrected chi connectivity index (χ1v) is 6.50. The van der Waals surface area contributed by atoms with Crippen molar-refractivity contribution in [2.75, 3.05) is 11.1 Å². The van der Waals surface area contributed by atoms with E-state index in [-0.39, 0.29) is 15.7 Å². The number of hydrogen-bond donors (Lipinski definition) is 2. The number of anilines is 2. The summed E-state index contributed by atoms with van der Waals surface area (Å²) in [6.07, 6.45) is 0. The number of benzene rings is 2. The minimum atomic E-state index is -0.658. The monoisotopic (exact) mass is 340 g/mol. The van der Waals surface area contributed by atoms with Crippen LogP contribution in [-0.2, 0) is 0 Å². The topological polar surface area (TPSA) is 55.1 Å². The average molecular weight is 341 g/mol. The number of rotatable bonds is 2. The third-order valence-corrected chi connectivity index (χ3v) is 3.42. The number of para-hydroxylation sites is 1. The van der Waals surface area contributed by atoms with Gasteiger partial charge in [-0.15, -0.1) is 0 Å². The van der Waals surface area contributed by atoms with E-state index < -0.39 is 17.5 Å². The van der Waals surface area contributed by atoms with E-state index in [1.807, 2.05) is 0 Å². The Labute approximate surface area is 122 Å². The third-order valence-electron chi connectivity index (χ3n) is 2.81. The molecule has 0 aromatic heterocycles. The lowest BCUT2D eigenvalue weighted by atomic mass is 10.1. The van der Waals surface area contributed by atoms with Crippen LogP contribution in [0, 0.1) is 18.6 Å². The lowest BCUT2D eigenvalue weighted by Gasteiger charge is -2.11. The highest BCUT2D eigenvalue weighted by atomic mass is 79.9. The van der Waals surface area contributed by atoms with Crippen LogP contribution < -0.4 is 11.1 Å². The number of amides is 1. The molecule has 2 rings (SSSR count). The second-order valence-corrected chi connectivity index (χ2v) is 5.09. The van der Waals surface area contributed by atoms with Gasteiger partial charge >= 0.3 is 0 Å². The van der Waals surface area contributed by atoms with Gasteiger partial charge < -0.3 is 11.1 Å². The van der Waals surface area contributed by atoms with E-state index in [4.69, 9.17) is 5.73 Å². The predicted molar refractivity (Wildman–Crippen MR) is 77.6 cm³/mol. The van der Waals surface area contributed by atoms with Gasteiger partial charge in [0.25, 0.3) is 5.91 Å². The minimum absolute atomic E-state index is 0.0323. The smallest absolute Gasteiger partial charge is 0.257 e. The van der Waals surface area contributed by atoms with Crippen molar-refractivity contribution in [3.05, 3.63) is 57.6 Å². The highest BCUT2D eigenvalue weighted by molar-refractivity contribution is 9.10. The minimum Gasteiger partial charge on any atom is -0.396 e. The molecule has 0 aliphatic carbocycles. The van der Waals surface area contributed by atoms with Gasteiger partial charge in [-0.25, -0.2) is 8.78 Å². The Balaban J connectivity index is 2.33. The molecular weight excluding hydrogens is 330 g/mol. The van der Waals surface area contributed by atoms with Crippen molar-refractivity contribution in [3.8, 4) is 0 Å². The molecule has 0 atom stereocenters. The van der Waals surface area contributed by atoms with Crippen molar-refractivity contribution in [2.24, 2.45) is 0 Å². The molecule has 1 amide bonds. The molecule has 0 saturated heterocycles. The predicted octanol–water partition coefficient (Wildman–Crippen LogP) is 3.87. The third kappa shape index (κ3) is 2.80. The molecule has 0 unspecified atom stereocenters. The first-order chi connectivity index (χ1) is 9.40. The molecule has 0 saturated carbocycles.